The Balaban J connectivity index is 3.66. The zero-order chi connectivity index (χ0) is 6.15. The summed E-state index contributed by atoms with van der Waals surface area (Å²) in [5.41, 5.74) is 0.0833. The largest absolute Gasteiger partial charge is 0.322 e. The van der Waals surface area contributed by atoms with Crippen molar-refractivity contribution < 1.29 is 0 Å². The zero-order valence-corrected chi connectivity index (χ0v) is 4.75. The van der Waals surface area contributed by atoms with E-state index in [1.54, 1.807) is 0 Å². The minimum atomic E-state index is 0.0833. The van der Waals surface area contributed by atoms with Gasteiger partial charge in [-0.05, 0) is 0 Å². The monoisotopic (exact) mass is 131 g/mol. The molecule has 8 heavy (non-hydrogen) atoms. The average Bonchev–Trinajstić information content (AvgIpc) is 1.98. The van der Waals surface area contributed by atoms with Gasteiger partial charge in [-0.15, -0.1) is 0 Å². The van der Waals surface area contributed by atoms with Crippen LogP contribution in [-0.4, -0.2) is 15.1 Å². The maximum Gasteiger partial charge on any atom is 0.199 e. The average molecular weight is 131 g/mol. The highest BCUT2D eigenvalue weighted by Gasteiger charge is 1.84. The Morgan fingerprint density at radius 1 is 1.75 bits per heavy atom. The van der Waals surface area contributed by atoms with Gasteiger partial charge in [0.2, 0.25) is 0 Å². The number of aromatic amines is 2. The molecule has 0 bridgehead atoms. The first-order valence-corrected chi connectivity index (χ1v) is 2.32. The number of hydrogen-bond acceptors (Lipinski definition) is 3. The van der Waals surface area contributed by atoms with E-state index in [1.165, 1.54) is 0 Å². The van der Waals surface area contributed by atoms with E-state index >= 15 is 0 Å². The van der Waals surface area contributed by atoms with Crippen LogP contribution in [0.2, 0.25) is 0 Å². The van der Waals surface area contributed by atoms with E-state index in [1.807, 2.05) is 0 Å². The van der Waals surface area contributed by atoms with E-state index in [2.05, 4.69) is 22.5 Å². The number of nitrogen functional groups attached to an aromatic ring is 1. The van der Waals surface area contributed by atoms with Crippen LogP contribution in [0.5, 0.6) is 0 Å². The zero-order valence-electron chi connectivity index (χ0n) is 3.93. The van der Waals surface area contributed by atoms with Crippen LogP contribution in [0, 0.1) is 10.0 Å². The third-order valence-corrected chi connectivity index (χ3v) is 1.04. The first-order valence-electron chi connectivity index (χ1n) is 1.91. The van der Waals surface area contributed by atoms with E-state index in [4.69, 9.17) is 11.3 Å². The lowest BCUT2D eigenvalue weighted by molar-refractivity contribution is 0.728. The molecule has 0 fully saturated rings. The van der Waals surface area contributed by atoms with E-state index in [0.717, 1.165) is 4.79 Å². The second kappa shape index (κ2) is 1.48. The molecular formula is C2H5N5S. The highest BCUT2D eigenvalue weighted by molar-refractivity contribution is 7.71. The van der Waals surface area contributed by atoms with Gasteiger partial charge in [0.25, 0.3) is 0 Å². The van der Waals surface area contributed by atoms with Crippen LogP contribution in [-0.2, 0) is 0 Å². The van der Waals surface area contributed by atoms with Crippen molar-refractivity contribution in [3.63, 3.8) is 0 Å². The molecule has 0 saturated carbocycles. The van der Waals surface area contributed by atoms with Crippen LogP contribution >= 0.6 is 12.2 Å². The number of nitrogens with zero attached hydrogens (tertiary/aromatic N) is 1. The molecule has 0 saturated heterocycles. The lowest BCUT2D eigenvalue weighted by Gasteiger charge is -1.82. The first-order chi connectivity index (χ1) is 3.72. The molecule has 0 unspecified atom stereocenters. The number of aromatic nitrogens is 3. The van der Waals surface area contributed by atoms with Crippen molar-refractivity contribution in [3.05, 3.63) is 10.1 Å². The van der Waals surface area contributed by atoms with Crippen molar-refractivity contribution in [1.82, 2.24) is 15.1 Å². The Morgan fingerprint density at radius 3 is 2.50 bits per heavy atom. The molecule has 1 aromatic rings. The van der Waals surface area contributed by atoms with Gasteiger partial charge in [-0.25, -0.2) is 5.21 Å². The van der Waals surface area contributed by atoms with E-state index in [-0.39, 0.29) is 5.49 Å². The minimum Gasteiger partial charge on any atom is -0.322 e. The molecule has 0 spiro atoms. The Bertz CT molecular complexity index is 275. The fraction of sp³-hybridized carbons (Fsp3) is 0. The SMILES string of the molecule is N=c1c(=S)[nH][nH]n1N. The molecule has 0 aromatic carbocycles. The van der Waals surface area contributed by atoms with Gasteiger partial charge in [0.15, 0.2) is 10.1 Å². The van der Waals surface area contributed by atoms with Crippen molar-refractivity contribution in [1.29, 1.82) is 5.41 Å². The van der Waals surface area contributed by atoms with Gasteiger partial charge in [0.1, 0.15) is 0 Å². The van der Waals surface area contributed by atoms with E-state index in [0.29, 0.717) is 4.64 Å². The molecule has 0 aliphatic rings. The van der Waals surface area contributed by atoms with Crippen LogP contribution in [0.3, 0.4) is 0 Å². The molecule has 0 atom stereocenters. The Kier molecular flexibility index (Phi) is 0.943. The molecular weight excluding hydrogens is 126 g/mol. The molecule has 44 valence electrons. The van der Waals surface area contributed by atoms with Crippen molar-refractivity contribution in [3.8, 4) is 0 Å². The van der Waals surface area contributed by atoms with Gasteiger partial charge in [0.05, 0.1) is 0 Å². The molecule has 0 aliphatic carbocycles. The first kappa shape index (κ1) is 5.10. The van der Waals surface area contributed by atoms with Crippen molar-refractivity contribution >= 4 is 12.2 Å². The van der Waals surface area contributed by atoms with Crippen LogP contribution in [0.4, 0.5) is 0 Å². The third kappa shape index (κ3) is 0.544. The normalized spacial score (nSPS) is 9.50. The van der Waals surface area contributed by atoms with E-state index in [9.17, 15) is 0 Å². The minimum absolute atomic E-state index is 0.0833. The van der Waals surface area contributed by atoms with Crippen molar-refractivity contribution in [2.75, 3.05) is 5.84 Å². The summed E-state index contributed by atoms with van der Waals surface area (Å²) < 4.78 is 0.313. The second-order valence-electron chi connectivity index (χ2n) is 1.28. The number of nitrogens with two attached hydrogens (primary N) is 1. The quantitative estimate of drug-likeness (QED) is 0.271. The standard InChI is InChI=1S/C2H5N5S/c3-1-2(8)5-6-7(1)4/h3,6H,4H2,(H,5,8). The summed E-state index contributed by atoms with van der Waals surface area (Å²) in [5.74, 6) is 5.12. The molecule has 1 aromatic heterocycles. The van der Waals surface area contributed by atoms with E-state index < -0.39 is 0 Å². The van der Waals surface area contributed by atoms with Gasteiger partial charge in [0, 0.05) is 0 Å². The summed E-state index contributed by atoms with van der Waals surface area (Å²) in [6.07, 6.45) is 0. The Hall–Kier alpha value is -1.04. The van der Waals surface area contributed by atoms with Crippen LogP contribution < -0.4 is 11.3 Å². The predicted molar refractivity (Wildman–Crippen MR) is 30.0 cm³/mol. The number of hydrogen-bond donors (Lipinski definition) is 4. The summed E-state index contributed by atoms with van der Waals surface area (Å²) in [4.78, 5) is 1.00. The van der Waals surface area contributed by atoms with Crippen LogP contribution in [0.25, 0.3) is 0 Å². The summed E-state index contributed by atoms with van der Waals surface area (Å²) in [5, 5.41) is 11.9. The van der Waals surface area contributed by atoms with Crippen molar-refractivity contribution in [2.24, 2.45) is 0 Å². The molecule has 1 heterocycles. The predicted octanol–water partition coefficient (Wildman–Crippen LogP) is -0.933. The van der Waals surface area contributed by atoms with Gasteiger partial charge in [-0.1, -0.05) is 12.2 Å². The maximum absolute atomic E-state index is 7.00. The lowest BCUT2D eigenvalue weighted by Crippen LogP contribution is -2.24. The summed E-state index contributed by atoms with van der Waals surface area (Å²) in [6.45, 7) is 0. The lowest BCUT2D eigenvalue weighted by atomic mass is 10.9. The van der Waals surface area contributed by atoms with Gasteiger partial charge >= 0.3 is 0 Å². The summed E-state index contributed by atoms with van der Waals surface area (Å²) >= 11 is 4.60. The van der Waals surface area contributed by atoms with Gasteiger partial charge in [-0.3, -0.25) is 10.5 Å². The third-order valence-electron chi connectivity index (χ3n) is 0.746. The highest BCUT2D eigenvalue weighted by atomic mass is 32.1. The molecule has 5 nitrogen and oxygen atoms in total. The topological polar surface area (TPSA) is 86.4 Å². The van der Waals surface area contributed by atoms with Crippen molar-refractivity contribution in [2.45, 2.75) is 0 Å². The highest BCUT2D eigenvalue weighted by Crippen LogP contribution is 1.62. The number of nitrogens with one attached hydrogen (secondary N) is 3. The number of rotatable bonds is 0. The molecule has 5 N–H and O–H groups in total. The molecule has 1 rings (SSSR count). The fourth-order valence-electron chi connectivity index (χ4n) is 0.336. The second-order valence-corrected chi connectivity index (χ2v) is 1.69. The van der Waals surface area contributed by atoms with Crippen LogP contribution in [0.1, 0.15) is 0 Å². The maximum atomic E-state index is 7.00. The van der Waals surface area contributed by atoms with Crippen LogP contribution in [0.15, 0.2) is 0 Å². The molecule has 6 heteroatoms. The Morgan fingerprint density at radius 2 is 2.38 bits per heavy atom. The number of H-pyrrole nitrogens is 2. The van der Waals surface area contributed by atoms with Gasteiger partial charge < -0.3 is 5.84 Å². The molecule has 0 radical (unpaired) electrons. The van der Waals surface area contributed by atoms with Gasteiger partial charge in [-0.2, -0.15) is 4.79 Å². The smallest absolute Gasteiger partial charge is 0.199 e. The fourth-order valence-corrected chi connectivity index (χ4v) is 0.479. The summed E-state index contributed by atoms with van der Waals surface area (Å²) in [7, 11) is 0. The molecule has 0 aliphatic heterocycles. The molecule has 0 amide bonds. The Labute approximate surface area is 49.6 Å². The summed E-state index contributed by atoms with van der Waals surface area (Å²) in [6, 6.07) is 0.